The summed E-state index contributed by atoms with van der Waals surface area (Å²) >= 11 is 0. The Bertz CT molecular complexity index is 404. The number of amides is 1. The molecule has 0 saturated heterocycles. The molecule has 1 aromatic carbocycles. The van der Waals surface area contributed by atoms with Crippen LogP contribution in [0.3, 0.4) is 0 Å². The van der Waals surface area contributed by atoms with Crippen molar-refractivity contribution in [1.82, 2.24) is 5.32 Å². The van der Waals surface area contributed by atoms with Crippen molar-refractivity contribution in [2.45, 2.75) is 31.9 Å². The number of carbonyl (C=O) groups excluding carboxylic acids is 1. The van der Waals surface area contributed by atoms with E-state index < -0.39 is 6.10 Å². The molecule has 2 unspecified atom stereocenters. The normalized spacial score (nSPS) is 17.8. The van der Waals surface area contributed by atoms with Gasteiger partial charge in [-0.25, -0.2) is 0 Å². The van der Waals surface area contributed by atoms with Gasteiger partial charge in [-0.1, -0.05) is 30.3 Å². The summed E-state index contributed by atoms with van der Waals surface area (Å²) in [5.41, 5.74) is 6.86. The Hall–Kier alpha value is -1.39. The van der Waals surface area contributed by atoms with Crippen LogP contribution in [0.15, 0.2) is 30.3 Å². The molecule has 4 nitrogen and oxygen atoms in total. The molecule has 4 heteroatoms. The zero-order chi connectivity index (χ0) is 13.7. The van der Waals surface area contributed by atoms with Crippen molar-refractivity contribution in [2.75, 3.05) is 13.2 Å². The Morgan fingerprint density at radius 3 is 2.68 bits per heavy atom. The Kier molecular flexibility index (Phi) is 4.93. The zero-order valence-corrected chi connectivity index (χ0v) is 11.3. The number of ether oxygens (including phenoxy) is 1. The van der Waals surface area contributed by atoms with E-state index in [1.807, 2.05) is 37.3 Å². The second-order valence-corrected chi connectivity index (χ2v) is 4.99. The maximum atomic E-state index is 12.2. The summed E-state index contributed by atoms with van der Waals surface area (Å²) in [6, 6.07) is 9.62. The van der Waals surface area contributed by atoms with Gasteiger partial charge >= 0.3 is 0 Å². The predicted octanol–water partition coefficient (Wildman–Crippen LogP) is 1.62. The molecule has 2 atom stereocenters. The average Bonchev–Trinajstić information content (AvgIpc) is 3.27. The molecule has 1 saturated carbocycles. The topological polar surface area (TPSA) is 64.3 Å². The zero-order valence-electron chi connectivity index (χ0n) is 11.3. The summed E-state index contributed by atoms with van der Waals surface area (Å²) in [4.78, 5) is 12.2. The highest BCUT2D eigenvalue weighted by Crippen LogP contribution is 2.31. The van der Waals surface area contributed by atoms with Crippen LogP contribution in [0.1, 0.15) is 31.4 Å². The van der Waals surface area contributed by atoms with Crippen LogP contribution in [0.5, 0.6) is 0 Å². The summed E-state index contributed by atoms with van der Waals surface area (Å²) in [5, 5.41) is 2.90. The molecule has 0 bridgehead atoms. The number of hydrogen-bond acceptors (Lipinski definition) is 3. The Balaban J connectivity index is 1.92. The van der Waals surface area contributed by atoms with Crippen molar-refractivity contribution in [1.29, 1.82) is 0 Å². The summed E-state index contributed by atoms with van der Waals surface area (Å²) in [7, 11) is 0. The summed E-state index contributed by atoms with van der Waals surface area (Å²) < 4.78 is 5.55. The lowest BCUT2D eigenvalue weighted by molar-refractivity contribution is -0.133. The van der Waals surface area contributed by atoms with Crippen LogP contribution in [-0.4, -0.2) is 25.1 Å². The van der Waals surface area contributed by atoms with Gasteiger partial charge in [-0.3, -0.25) is 4.79 Å². The number of nitrogens with two attached hydrogens (primary N) is 1. The molecule has 0 aromatic heterocycles. The van der Waals surface area contributed by atoms with Crippen LogP contribution >= 0.6 is 0 Å². The van der Waals surface area contributed by atoms with Crippen molar-refractivity contribution >= 4 is 5.91 Å². The van der Waals surface area contributed by atoms with Crippen LogP contribution in [0.2, 0.25) is 0 Å². The van der Waals surface area contributed by atoms with Crippen LogP contribution in [-0.2, 0) is 9.53 Å². The molecule has 0 spiro atoms. The minimum absolute atomic E-state index is 0.0713. The third-order valence-electron chi connectivity index (χ3n) is 3.41. The molecule has 19 heavy (non-hydrogen) atoms. The molecular formula is C15H22N2O2. The van der Waals surface area contributed by atoms with Crippen molar-refractivity contribution in [3.05, 3.63) is 35.9 Å². The SMILES string of the molecule is CCOC(C(=O)NCC(N)C1CC1)c1ccccc1. The van der Waals surface area contributed by atoms with E-state index in [4.69, 9.17) is 10.5 Å². The Morgan fingerprint density at radius 1 is 1.42 bits per heavy atom. The van der Waals surface area contributed by atoms with Gasteiger partial charge < -0.3 is 15.8 Å². The molecule has 1 aliphatic rings. The number of carbonyl (C=O) groups is 1. The molecule has 3 N–H and O–H groups in total. The van der Waals surface area contributed by atoms with Gasteiger partial charge in [-0.05, 0) is 31.2 Å². The first-order valence-electron chi connectivity index (χ1n) is 6.92. The standard InChI is InChI=1S/C15H22N2O2/c1-2-19-14(12-6-4-3-5-7-12)15(18)17-10-13(16)11-8-9-11/h3-7,11,13-14H,2,8-10,16H2,1H3,(H,17,18). The molecule has 0 aliphatic heterocycles. The van der Waals surface area contributed by atoms with E-state index in [9.17, 15) is 4.79 Å². The van der Waals surface area contributed by atoms with Gasteiger partial charge in [0, 0.05) is 19.2 Å². The van der Waals surface area contributed by atoms with Crippen molar-refractivity contribution in [2.24, 2.45) is 11.7 Å². The number of hydrogen-bond donors (Lipinski definition) is 2. The van der Waals surface area contributed by atoms with Gasteiger partial charge in [0.15, 0.2) is 6.10 Å². The van der Waals surface area contributed by atoms with Crippen LogP contribution < -0.4 is 11.1 Å². The molecule has 0 heterocycles. The molecule has 1 aliphatic carbocycles. The fourth-order valence-corrected chi connectivity index (χ4v) is 2.12. The molecular weight excluding hydrogens is 240 g/mol. The third-order valence-corrected chi connectivity index (χ3v) is 3.41. The maximum absolute atomic E-state index is 12.2. The number of benzene rings is 1. The number of rotatable bonds is 7. The summed E-state index contributed by atoms with van der Waals surface area (Å²) in [6.45, 7) is 2.92. The minimum Gasteiger partial charge on any atom is -0.364 e. The van der Waals surface area contributed by atoms with Crippen molar-refractivity contribution < 1.29 is 9.53 Å². The highest BCUT2D eigenvalue weighted by Gasteiger charge is 2.29. The number of nitrogens with one attached hydrogen (secondary N) is 1. The summed E-state index contributed by atoms with van der Waals surface area (Å²) in [6.07, 6.45) is 1.83. The Labute approximate surface area is 114 Å². The quantitative estimate of drug-likeness (QED) is 0.784. The first-order valence-corrected chi connectivity index (χ1v) is 6.92. The van der Waals surface area contributed by atoms with E-state index in [-0.39, 0.29) is 11.9 Å². The second-order valence-electron chi connectivity index (χ2n) is 4.99. The lowest BCUT2D eigenvalue weighted by Gasteiger charge is -2.19. The van der Waals surface area contributed by atoms with Crippen molar-refractivity contribution in [3.63, 3.8) is 0 Å². The van der Waals surface area contributed by atoms with Gasteiger partial charge in [0.2, 0.25) is 0 Å². The lowest BCUT2D eigenvalue weighted by atomic mass is 10.1. The molecule has 1 aromatic rings. The van der Waals surface area contributed by atoms with Gasteiger partial charge in [-0.15, -0.1) is 0 Å². The largest absolute Gasteiger partial charge is 0.364 e. The highest BCUT2D eigenvalue weighted by atomic mass is 16.5. The van der Waals surface area contributed by atoms with Gasteiger partial charge in [-0.2, -0.15) is 0 Å². The molecule has 1 fully saturated rings. The smallest absolute Gasteiger partial charge is 0.253 e. The van der Waals surface area contributed by atoms with E-state index in [1.54, 1.807) is 0 Å². The monoisotopic (exact) mass is 262 g/mol. The molecule has 1 amide bonds. The van der Waals surface area contributed by atoms with E-state index in [0.717, 1.165) is 5.56 Å². The third kappa shape index (κ3) is 4.04. The predicted molar refractivity (Wildman–Crippen MR) is 74.5 cm³/mol. The Morgan fingerprint density at radius 2 is 2.11 bits per heavy atom. The first-order chi connectivity index (χ1) is 9.22. The van der Waals surface area contributed by atoms with Crippen LogP contribution in [0.25, 0.3) is 0 Å². The maximum Gasteiger partial charge on any atom is 0.253 e. The highest BCUT2D eigenvalue weighted by molar-refractivity contribution is 5.82. The summed E-state index contributed by atoms with van der Waals surface area (Å²) in [5.74, 6) is 0.478. The van der Waals surface area contributed by atoms with Crippen molar-refractivity contribution in [3.8, 4) is 0 Å². The van der Waals surface area contributed by atoms with E-state index in [1.165, 1.54) is 12.8 Å². The van der Waals surface area contributed by atoms with Crippen LogP contribution in [0.4, 0.5) is 0 Å². The average molecular weight is 262 g/mol. The van der Waals surface area contributed by atoms with E-state index in [0.29, 0.717) is 19.1 Å². The second kappa shape index (κ2) is 6.68. The van der Waals surface area contributed by atoms with E-state index >= 15 is 0 Å². The van der Waals surface area contributed by atoms with Gasteiger partial charge in [0.25, 0.3) is 5.91 Å². The molecule has 2 rings (SSSR count). The lowest BCUT2D eigenvalue weighted by Crippen LogP contribution is -2.41. The molecule has 104 valence electrons. The first kappa shape index (κ1) is 14.0. The molecule has 0 radical (unpaired) electrons. The fourth-order valence-electron chi connectivity index (χ4n) is 2.12. The van der Waals surface area contributed by atoms with Crippen LogP contribution in [0, 0.1) is 5.92 Å². The van der Waals surface area contributed by atoms with Gasteiger partial charge in [0.1, 0.15) is 0 Å². The minimum atomic E-state index is -0.544. The van der Waals surface area contributed by atoms with E-state index in [2.05, 4.69) is 5.32 Å². The fraction of sp³-hybridized carbons (Fsp3) is 0.533. The van der Waals surface area contributed by atoms with Gasteiger partial charge in [0.05, 0.1) is 0 Å².